The Kier molecular flexibility index (Phi) is 7.45. The second-order valence-electron chi connectivity index (χ2n) is 3.24. The molecule has 0 aromatic rings. The fraction of sp³-hybridized carbons (Fsp3) is 1.00. The lowest BCUT2D eigenvalue weighted by molar-refractivity contribution is -0.0351. The predicted octanol–water partition coefficient (Wildman–Crippen LogP) is 1.32. The Bertz CT molecular complexity index is 93.8. The molecule has 0 heterocycles. The van der Waals surface area contributed by atoms with E-state index in [0.29, 0.717) is 19.1 Å². The topological polar surface area (TPSA) is 27.7 Å². The lowest BCUT2D eigenvalue weighted by atomic mass is 10.2. The summed E-state index contributed by atoms with van der Waals surface area (Å²) in [5.74, 6) is 0.574. The summed E-state index contributed by atoms with van der Waals surface area (Å²) in [7, 11) is 3.33. The van der Waals surface area contributed by atoms with E-state index in [1.807, 2.05) is 0 Å². The van der Waals surface area contributed by atoms with Crippen LogP contribution in [0, 0.1) is 5.92 Å². The van der Waals surface area contributed by atoms with E-state index in [4.69, 9.17) is 14.2 Å². The maximum Gasteiger partial charge on any atom is 0.104 e. The molecule has 3 heteroatoms. The van der Waals surface area contributed by atoms with Crippen molar-refractivity contribution in [1.82, 2.24) is 0 Å². The lowest BCUT2D eigenvalue weighted by Gasteiger charge is -2.15. The third-order valence-electron chi connectivity index (χ3n) is 1.44. The molecule has 0 N–H and O–H groups in total. The third kappa shape index (κ3) is 6.58. The Morgan fingerprint density at radius 1 is 1.00 bits per heavy atom. The molecular weight excluding hydrogens is 156 g/mol. The predicted molar refractivity (Wildman–Crippen MR) is 48.3 cm³/mol. The van der Waals surface area contributed by atoms with Crippen LogP contribution in [0.4, 0.5) is 0 Å². The highest BCUT2D eigenvalue weighted by Crippen LogP contribution is 1.96. The first-order valence-electron chi connectivity index (χ1n) is 4.30. The van der Waals surface area contributed by atoms with E-state index >= 15 is 0 Å². The summed E-state index contributed by atoms with van der Waals surface area (Å²) in [5, 5.41) is 0. The van der Waals surface area contributed by atoms with Crippen molar-refractivity contribution >= 4 is 0 Å². The van der Waals surface area contributed by atoms with Crippen molar-refractivity contribution in [3.05, 3.63) is 0 Å². The van der Waals surface area contributed by atoms with E-state index in [1.165, 1.54) is 0 Å². The molecule has 0 bridgehead atoms. The van der Waals surface area contributed by atoms with Crippen molar-refractivity contribution in [3.63, 3.8) is 0 Å². The summed E-state index contributed by atoms with van der Waals surface area (Å²) < 4.78 is 15.5. The number of rotatable bonds is 7. The van der Waals surface area contributed by atoms with Crippen molar-refractivity contribution in [2.75, 3.05) is 34.0 Å². The van der Waals surface area contributed by atoms with Gasteiger partial charge in [0.1, 0.15) is 6.10 Å². The minimum Gasteiger partial charge on any atom is -0.382 e. The summed E-state index contributed by atoms with van der Waals surface area (Å²) in [6, 6.07) is 0. The van der Waals surface area contributed by atoms with Crippen LogP contribution in [0.25, 0.3) is 0 Å². The molecule has 0 saturated carbocycles. The van der Waals surface area contributed by atoms with Crippen LogP contribution in [0.2, 0.25) is 0 Å². The van der Waals surface area contributed by atoms with Gasteiger partial charge in [-0.25, -0.2) is 0 Å². The van der Waals surface area contributed by atoms with E-state index in [2.05, 4.69) is 13.8 Å². The van der Waals surface area contributed by atoms with Gasteiger partial charge < -0.3 is 14.2 Å². The second-order valence-corrected chi connectivity index (χ2v) is 3.24. The van der Waals surface area contributed by atoms with Gasteiger partial charge in [-0.2, -0.15) is 0 Å². The molecule has 0 saturated heterocycles. The molecule has 0 aromatic heterocycles. The number of methoxy groups -OCH3 is 2. The first-order valence-corrected chi connectivity index (χ1v) is 4.30. The molecule has 0 aliphatic rings. The monoisotopic (exact) mass is 176 g/mol. The zero-order valence-electron chi connectivity index (χ0n) is 8.50. The average Bonchev–Trinajstić information content (AvgIpc) is 2.02. The standard InChI is InChI=1S/C9H20O3/c1-8(2)5-12-7-9(11-4)6-10-3/h8-9H,5-7H2,1-4H3. The van der Waals surface area contributed by atoms with Gasteiger partial charge in [-0.05, 0) is 5.92 Å². The van der Waals surface area contributed by atoms with Crippen LogP contribution in [0.3, 0.4) is 0 Å². The minimum absolute atomic E-state index is 0.0637. The molecule has 0 radical (unpaired) electrons. The van der Waals surface area contributed by atoms with Crippen molar-refractivity contribution in [2.24, 2.45) is 5.92 Å². The highest BCUT2D eigenvalue weighted by molar-refractivity contribution is 4.53. The first kappa shape index (κ1) is 11.9. The van der Waals surface area contributed by atoms with Gasteiger partial charge in [0.05, 0.1) is 13.2 Å². The van der Waals surface area contributed by atoms with E-state index in [0.717, 1.165) is 6.61 Å². The van der Waals surface area contributed by atoms with Gasteiger partial charge in [0.25, 0.3) is 0 Å². The van der Waals surface area contributed by atoms with Crippen molar-refractivity contribution in [2.45, 2.75) is 20.0 Å². The Balaban J connectivity index is 3.31. The summed E-state index contributed by atoms with van der Waals surface area (Å²) in [6.07, 6.45) is 0.0637. The van der Waals surface area contributed by atoms with E-state index < -0.39 is 0 Å². The molecule has 0 rings (SSSR count). The smallest absolute Gasteiger partial charge is 0.104 e. The van der Waals surface area contributed by atoms with Crippen LogP contribution in [-0.2, 0) is 14.2 Å². The summed E-state index contributed by atoms with van der Waals surface area (Å²) >= 11 is 0. The molecule has 74 valence electrons. The quantitative estimate of drug-likeness (QED) is 0.585. The Morgan fingerprint density at radius 3 is 2.08 bits per heavy atom. The van der Waals surface area contributed by atoms with Crippen LogP contribution in [-0.4, -0.2) is 40.1 Å². The van der Waals surface area contributed by atoms with Gasteiger partial charge in [0.2, 0.25) is 0 Å². The van der Waals surface area contributed by atoms with Gasteiger partial charge in [0, 0.05) is 20.8 Å². The minimum atomic E-state index is 0.0637. The van der Waals surface area contributed by atoms with Gasteiger partial charge in [0.15, 0.2) is 0 Å². The Labute approximate surface area is 75.0 Å². The largest absolute Gasteiger partial charge is 0.382 e. The van der Waals surface area contributed by atoms with Gasteiger partial charge in [-0.1, -0.05) is 13.8 Å². The molecule has 0 amide bonds. The summed E-state index contributed by atoms with van der Waals surface area (Å²) in [6.45, 7) is 6.23. The van der Waals surface area contributed by atoms with Gasteiger partial charge in [-0.15, -0.1) is 0 Å². The third-order valence-corrected chi connectivity index (χ3v) is 1.44. The highest BCUT2D eigenvalue weighted by Gasteiger charge is 2.06. The maximum absolute atomic E-state index is 5.40. The van der Waals surface area contributed by atoms with Gasteiger partial charge >= 0.3 is 0 Å². The number of hydrogen-bond acceptors (Lipinski definition) is 3. The molecule has 3 nitrogen and oxygen atoms in total. The van der Waals surface area contributed by atoms with Crippen molar-refractivity contribution in [3.8, 4) is 0 Å². The zero-order chi connectivity index (χ0) is 9.40. The number of hydrogen-bond donors (Lipinski definition) is 0. The first-order chi connectivity index (χ1) is 5.70. The Morgan fingerprint density at radius 2 is 1.67 bits per heavy atom. The highest BCUT2D eigenvalue weighted by atomic mass is 16.5. The molecule has 1 unspecified atom stereocenters. The van der Waals surface area contributed by atoms with Crippen LogP contribution in [0.1, 0.15) is 13.8 Å². The molecule has 0 aliphatic carbocycles. The van der Waals surface area contributed by atoms with Crippen molar-refractivity contribution < 1.29 is 14.2 Å². The van der Waals surface area contributed by atoms with Crippen LogP contribution in [0.15, 0.2) is 0 Å². The van der Waals surface area contributed by atoms with Crippen molar-refractivity contribution in [1.29, 1.82) is 0 Å². The van der Waals surface area contributed by atoms with Crippen LogP contribution >= 0.6 is 0 Å². The van der Waals surface area contributed by atoms with E-state index in [1.54, 1.807) is 14.2 Å². The lowest BCUT2D eigenvalue weighted by Crippen LogP contribution is -2.24. The molecule has 0 fully saturated rings. The normalized spacial score (nSPS) is 13.8. The molecule has 0 spiro atoms. The molecule has 1 atom stereocenters. The van der Waals surface area contributed by atoms with Gasteiger partial charge in [-0.3, -0.25) is 0 Å². The fourth-order valence-corrected chi connectivity index (χ4v) is 0.805. The maximum atomic E-state index is 5.40. The second kappa shape index (κ2) is 7.53. The molecule has 12 heavy (non-hydrogen) atoms. The number of ether oxygens (including phenoxy) is 3. The van der Waals surface area contributed by atoms with Crippen LogP contribution in [0.5, 0.6) is 0 Å². The van der Waals surface area contributed by atoms with E-state index in [9.17, 15) is 0 Å². The van der Waals surface area contributed by atoms with Crippen LogP contribution < -0.4 is 0 Å². The fourth-order valence-electron chi connectivity index (χ4n) is 0.805. The summed E-state index contributed by atoms with van der Waals surface area (Å²) in [5.41, 5.74) is 0. The SMILES string of the molecule is COCC(COCC(C)C)OC. The summed E-state index contributed by atoms with van der Waals surface area (Å²) in [4.78, 5) is 0. The zero-order valence-corrected chi connectivity index (χ0v) is 8.50. The van der Waals surface area contributed by atoms with E-state index in [-0.39, 0.29) is 6.10 Å². The molecule has 0 aliphatic heterocycles. The molecule has 0 aromatic carbocycles. The Hall–Kier alpha value is -0.120. The molecular formula is C9H20O3. The average molecular weight is 176 g/mol.